The largest absolute Gasteiger partial charge is 0.347 e. The quantitative estimate of drug-likeness (QED) is 0.0947. The van der Waals surface area contributed by atoms with E-state index in [0.717, 1.165) is 47.9 Å². The van der Waals surface area contributed by atoms with Crippen LogP contribution in [0.4, 0.5) is 10.1 Å². The summed E-state index contributed by atoms with van der Waals surface area (Å²) in [6.07, 6.45) is 11.2. The molecule has 0 saturated heterocycles. The fourth-order valence-corrected chi connectivity index (χ4v) is 7.72. The molecule has 0 fully saturated rings. The van der Waals surface area contributed by atoms with E-state index in [9.17, 15) is 10.1 Å². The van der Waals surface area contributed by atoms with Crippen LogP contribution >= 0.6 is 22.9 Å². The second-order valence-corrected chi connectivity index (χ2v) is 14.9. The molecule has 2 aromatic heterocycles. The van der Waals surface area contributed by atoms with Crippen molar-refractivity contribution in [2.45, 2.75) is 98.8 Å². The molecule has 51 heavy (non-hydrogen) atoms. The molecule has 2 unspecified atom stereocenters. The monoisotopic (exact) mass is 723 g/mol. The van der Waals surface area contributed by atoms with Crippen molar-refractivity contribution in [1.82, 2.24) is 19.7 Å². The topological polar surface area (TPSA) is 100 Å². The fourth-order valence-electron chi connectivity index (χ4n) is 6.61. The van der Waals surface area contributed by atoms with Crippen molar-refractivity contribution in [3.63, 3.8) is 0 Å². The highest BCUT2D eigenvalue weighted by Gasteiger charge is 2.33. The third-order valence-corrected chi connectivity index (χ3v) is 11.1. The number of carbonyl (C=O) groups excluding carboxylic acids is 1. The first-order valence-electron chi connectivity index (χ1n) is 18.6. The van der Waals surface area contributed by atoms with Gasteiger partial charge in [0.15, 0.2) is 16.8 Å². The van der Waals surface area contributed by atoms with Gasteiger partial charge in [0.05, 0.1) is 0 Å². The predicted octanol–water partition coefficient (Wildman–Crippen LogP) is 10.9. The molecule has 0 amide bonds. The van der Waals surface area contributed by atoms with Gasteiger partial charge >= 0.3 is 0 Å². The molecule has 268 valence electrons. The van der Waals surface area contributed by atoms with Gasteiger partial charge in [-0.05, 0) is 49.3 Å². The summed E-state index contributed by atoms with van der Waals surface area (Å²) in [5.41, 5.74) is 3.61. The highest BCUT2D eigenvalue weighted by Crippen LogP contribution is 2.42. The van der Waals surface area contributed by atoms with Gasteiger partial charge in [0, 0.05) is 35.7 Å². The maximum absolute atomic E-state index is 13.5. The van der Waals surface area contributed by atoms with Crippen LogP contribution in [0.15, 0.2) is 70.7 Å². The number of fused-ring (bicyclic) bond motifs is 1. The number of thiazole rings is 1. The SMILES string of the molecule is CCCCCC(CC)CN(CC(CC)CCCC)c1nc(-c2ccc(Cl)cc2)c(N=C2C(C)=C(C#N)C(=O)n3nc(Cc4ccccc4)nc32)s1. The maximum Gasteiger partial charge on any atom is 0.291 e. The van der Waals surface area contributed by atoms with Crippen LogP contribution in [0, 0.1) is 23.2 Å². The van der Waals surface area contributed by atoms with Gasteiger partial charge < -0.3 is 4.90 Å². The molecule has 0 saturated carbocycles. The highest BCUT2D eigenvalue weighted by atomic mass is 35.5. The number of nitriles is 1. The number of hydrogen-bond acceptors (Lipinski definition) is 8. The summed E-state index contributed by atoms with van der Waals surface area (Å²) in [6, 6.07) is 19.7. The second-order valence-electron chi connectivity index (χ2n) is 13.6. The van der Waals surface area contributed by atoms with Gasteiger partial charge in [-0.2, -0.15) is 9.94 Å². The van der Waals surface area contributed by atoms with Crippen LogP contribution in [0.1, 0.15) is 114 Å². The smallest absolute Gasteiger partial charge is 0.291 e. The average molecular weight is 724 g/mol. The number of unbranched alkanes of at least 4 members (excludes halogenated alkanes) is 3. The van der Waals surface area contributed by atoms with E-state index in [2.05, 4.69) is 43.8 Å². The van der Waals surface area contributed by atoms with Crippen molar-refractivity contribution in [2.75, 3.05) is 18.0 Å². The Kier molecular flexibility index (Phi) is 13.7. The van der Waals surface area contributed by atoms with E-state index in [1.54, 1.807) is 18.3 Å². The number of hydrogen-bond donors (Lipinski definition) is 0. The Morgan fingerprint density at radius 2 is 1.59 bits per heavy atom. The second kappa shape index (κ2) is 18.4. The van der Waals surface area contributed by atoms with Crippen molar-refractivity contribution in [1.29, 1.82) is 5.26 Å². The molecule has 10 heteroatoms. The molecule has 4 aromatic rings. The van der Waals surface area contributed by atoms with E-state index in [0.29, 0.717) is 51.2 Å². The van der Waals surface area contributed by atoms with Gasteiger partial charge in [0.1, 0.15) is 28.0 Å². The number of halogens is 1. The summed E-state index contributed by atoms with van der Waals surface area (Å²) in [5.74, 6) is 1.46. The average Bonchev–Trinajstić information content (AvgIpc) is 3.76. The Hall–Kier alpha value is -4.13. The van der Waals surface area contributed by atoms with Gasteiger partial charge in [-0.1, -0.05) is 138 Å². The van der Waals surface area contributed by atoms with Crippen molar-refractivity contribution in [3.8, 4) is 17.3 Å². The van der Waals surface area contributed by atoms with Gasteiger partial charge in [-0.15, -0.1) is 5.10 Å². The molecule has 2 aromatic carbocycles. The van der Waals surface area contributed by atoms with Crippen LogP contribution in [0.25, 0.3) is 11.3 Å². The molecular weight excluding hydrogens is 674 g/mol. The zero-order valence-electron chi connectivity index (χ0n) is 30.7. The van der Waals surface area contributed by atoms with Crippen molar-refractivity contribution in [2.24, 2.45) is 16.8 Å². The van der Waals surface area contributed by atoms with E-state index in [-0.39, 0.29) is 5.57 Å². The van der Waals surface area contributed by atoms with Gasteiger partial charge in [-0.3, -0.25) is 4.79 Å². The third kappa shape index (κ3) is 9.41. The number of rotatable bonds is 18. The van der Waals surface area contributed by atoms with Crippen LogP contribution in [-0.2, 0) is 6.42 Å². The number of aliphatic imine (C=N–C) groups is 1. The predicted molar refractivity (Wildman–Crippen MR) is 210 cm³/mol. The van der Waals surface area contributed by atoms with E-state index < -0.39 is 5.91 Å². The normalized spacial score (nSPS) is 14.8. The zero-order chi connectivity index (χ0) is 36.3. The molecule has 5 rings (SSSR count). The Balaban J connectivity index is 1.63. The maximum atomic E-state index is 13.5. The molecule has 3 heterocycles. The van der Waals surface area contributed by atoms with E-state index >= 15 is 0 Å². The minimum Gasteiger partial charge on any atom is -0.347 e. The Bertz CT molecular complexity index is 1870. The molecule has 0 N–H and O–H groups in total. The third-order valence-electron chi connectivity index (χ3n) is 9.81. The van der Waals surface area contributed by atoms with Crippen LogP contribution in [0.3, 0.4) is 0 Å². The van der Waals surface area contributed by atoms with Gasteiger partial charge in [0.2, 0.25) is 0 Å². The standard InChI is InChI=1S/C41H50ClN7OS/c1-6-10-13-17-30(9-4)27-48(26-29(8-3)16-11-7-2)41-46-37(32-20-22-33(42)23-21-32)39(51-41)45-36-28(5)34(25-43)40(50)49-38(36)44-35(47-49)24-31-18-14-12-15-19-31/h12,14-15,18-23,29-30H,6-11,13,16-17,24,26-27H2,1-5H3. The first kappa shape index (κ1) is 38.1. The Morgan fingerprint density at radius 1 is 0.922 bits per heavy atom. The summed E-state index contributed by atoms with van der Waals surface area (Å²) in [6.45, 7) is 12.8. The van der Waals surface area contributed by atoms with Crippen LogP contribution in [-0.4, -0.2) is 44.5 Å². The highest BCUT2D eigenvalue weighted by molar-refractivity contribution is 7.19. The summed E-state index contributed by atoms with van der Waals surface area (Å²) >= 11 is 7.89. The van der Waals surface area contributed by atoms with E-state index in [1.807, 2.05) is 54.6 Å². The van der Waals surface area contributed by atoms with E-state index in [1.165, 1.54) is 49.6 Å². The fraction of sp³-hybridized carbons (Fsp3) is 0.463. The minimum absolute atomic E-state index is 0.0106. The van der Waals surface area contributed by atoms with Crippen LogP contribution in [0.5, 0.6) is 0 Å². The molecule has 0 spiro atoms. The molecule has 0 bridgehead atoms. The van der Waals surface area contributed by atoms with Crippen molar-refractivity contribution < 1.29 is 4.79 Å². The number of aromatic nitrogens is 4. The molecular formula is C41H50ClN7OS. The van der Waals surface area contributed by atoms with E-state index in [4.69, 9.17) is 26.6 Å². The van der Waals surface area contributed by atoms with Crippen LogP contribution in [0.2, 0.25) is 5.02 Å². The molecule has 0 radical (unpaired) electrons. The molecule has 1 aliphatic rings. The summed E-state index contributed by atoms with van der Waals surface area (Å²) in [7, 11) is 0. The summed E-state index contributed by atoms with van der Waals surface area (Å²) in [5, 5.41) is 16.9. The van der Waals surface area contributed by atoms with Gasteiger partial charge in [0.25, 0.3) is 5.91 Å². The summed E-state index contributed by atoms with van der Waals surface area (Å²) in [4.78, 5) is 31.4. The van der Waals surface area contributed by atoms with Crippen molar-refractivity contribution in [3.05, 3.63) is 88.0 Å². The van der Waals surface area contributed by atoms with Gasteiger partial charge in [-0.25, -0.2) is 15.0 Å². The summed E-state index contributed by atoms with van der Waals surface area (Å²) < 4.78 is 1.24. The number of benzene rings is 2. The number of nitrogens with zero attached hydrogens (tertiary/aromatic N) is 7. The lowest BCUT2D eigenvalue weighted by Gasteiger charge is -2.30. The number of carbonyl (C=O) groups is 1. The lowest BCUT2D eigenvalue weighted by Crippen LogP contribution is -2.34. The molecule has 0 aliphatic carbocycles. The Morgan fingerprint density at radius 3 is 2.22 bits per heavy atom. The Labute approximate surface area is 312 Å². The molecule has 2 atom stereocenters. The zero-order valence-corrected chi connectivity index (χ0v) is 32.2. The minimum atomic E-state index is -0.490. The lowest BCUT2D eigenvalue weighted by atomic mass is 9.95. The molecule has 1 aliphatic heterocycles. The number of allylic oxidation sites excluding steroid dienone is 2. The lowest BCUT2D eigenvalue weighted by molar-refractivity contribution is 0.0941. The van der Waals surface area contributed by atoms with Crippen molar-refractivity contribution >= 4 is 44.7 Å². The molecule has 8 nitrogen and oxygen atoms in total. The number of anilines is 1. The first-order chi connectivity index (χ1) is 24.8. The first-order valence-corrected chi connectivity index (χ1v) is 19.8. The van der Waals surface area contributed by atoms with Crippen LogP contribution < -0.4 is 4.90 Å².